The molecule has 0 radical (unpaired) electrons. The number of carbonyl (C=O) groups is 1. The first-order chi connectivity index (χ1) is 9.17. The molecule has 1 amide bonds. The van der Waals surface area contributed by atoms with Gasteiger partial charge >= 0.3 is 0 Å². The fourth-order valence-corrected chi connectivity index (χ4v) is 2.61. The number of methoxy groups -OCH3 is 2. The predicted molar refractivity (Wildman–Crippen MR) is 74.3 cm³/mol. The molecule has 0 aliphatic carbocycles. The standard InChI is InChI=1S/C14H18ClNO3/c1-18-12-9-10(8-11(15)13(12)19-2)14(17)16-6-4-3-5-7-16/h8-9H,3-7H2,1-2H3. The number of hydrogen-bond acceptors (Lipinski definition) is 3. The molecule has 104 valence electrons. The monoisotopic (exact) mass is 283 g/mol. The summed E-state index contributed by atoms with van der Waals surface area (Å²) < 4.78 is 10.4. The van der Waals surface area contributed by atoms with Crippen LogP contribution >= 0.6 is 11.6 Å². The lowest BCUT2D eigenvalue weighted by molar-refractivity contribution is 0.0724. The Bertz CT molecular complexity index is 470. The van der Waals surface area contributed by atoms with Crippen molar-refractivity contribution in [2.24, 2.45) is 0 Å². The highest BCUT2D eigenvalue weighted by Gasteiger charge is 2.21. The molecule has 5 heteroatoms. The quantitative estimate of drug-likeness (QED) is 0.856. The van der Waals surface area contributed by atoms with Gasteiger partial charge in [0, 0.05) is 18.7 Å². The Morgan fingerprint density at radius 3 is 2.42 bits per heavy atom. The molecule has 0 spiro atoms. The van der Waals surface area contributed by atoms with E-state index in [2.05, 4.69) is 0 Å². The Morgan fingerprint density at radius 1 is 1.16 bits per heavy atom. The van der Waals surface area contributed by atoms with Crippen molar-refractivity contribution in [1.29, 1.82) is 0 Å². The fourth-order valence-electron chi connectivity index (χ4n) is 2.32. The highest BCUT2D eigenvalue weighted by atomic mass is 35.5. The van der Waals surface area contributed by atoms with Gasteiger partial charge in [-0.25, -0.2) is 0 Å². The van der Waals surface area contributed by atoms with Crippen molar-refractivity contribution in [2.75, 3.05) is 27.3 Å². The van der Waals surface area contributed by atoms with Gasteiger partial charge < -0.3 is 14.4 Å². The third-order valence-corrected chi connectivity index (χ3v) is 3.60. The molecule has 0 bridgehead atoms. The summed E-state index contributed by atoms with van der Waals surface area (Å²) in [5.74, 6) is 0.942. The number of benzene rings is 1. The minimum atomic E-state index is 0.00236. The van der Waals surface area contributed by atoms with Crippen molar-refractivity contribution in [3.63, 3.8) is 0 Å². The first-order valence-corrected chi connectivity index (χ1v) is 6.76. The molecule has 1 aromatic carbocycles. The number of likely N-dealkylation sites (tertiary alicyclic amines) is 1. The molecule has 0 saturated carbocycles. The van der Waals surface area contributed by atoms with Crippen molar-refractivity contribution >= 4 is 17.5 Å². The van der Waals surface area contributed by atoms with E-state index in [9.17, 15) is 4.79 Å². The van der Waals surface area contributed by atoms with Gasteiger partial charge in [-0.05, 0) is 31.4 Å². The van der Waals surface area contributed by atoms with Crippen LogP contribution in [0.5, 0.6) is 11.5 Å². The van der Waals surface area contributed by atoms with Crippen molar-refractivity contribution in [3.05, 3.63) is 22.7 Å². The average Bonchev–Trinajstić information content (AvgIpc) is 2.46. The van der Waals surface area contributed by atoms with Crippen molar-refractivity contribution in [1.82, 2.24) is 4.90 Å². The van der Waals surface area contributed by atoms with Crippen LogP contribution in [0.1, 0.15) is 29.6 Å². The molecule has 0 N–H and O–H groups in total. The van der Waals surface area contributed by atoms with Gasteiger partial charge in [0.2, 0.25) is 0 Å². The van der Waals surface area contributed by atoms with Gasteiger partial charge in [0.15, 0.2) is 11.5 Å². The normalized spacial score (nSPS) is 15.2. The van der Waals surface area contributed by atoms with E-state index in [0.29, 0.717) is 22.1 Å². The van der Waals surface area contributed by atoms with Crippen LogP contribution in [0.3, 0.4) is 0 Å². The number of rotatable bonds is 3. The topological polar surface area (TPSA) is 38.8 Å². The van der Waals surface area contributed by atoms with E-state index in [0.717, 1.165) is 25.9 Å². The van der Waals surface area contributed by atoms with E-state index in [-0.39, 0.29) is 5.91 Å². The second-order valence-corrected chi connectivity index (χ2v) is 4.95. The van der Waals surface area contributed by atoms with Gasteiger partial charge in [-0.3, -0.25) is 4.79 Å². The summed E-state index contributed by atoms with van der Waals surface area (Å²) in [6.45, 7) is 1.62. The molecule has 1 aliphatic heterocycles. The molecule has 1 heterocycles. The van der Waals surface area contributed by atoms with Crippen LogP contribution in [0, 0.1) is 0 Å². The Kier molecular flexibility index (Phi) is 4.53. The van der Waals surface area contributed by atoms with Gasteiger partial charge in [-0.1, -0.05) is 11.6 Å². The number of hydrogen-bond donors (Lipinski definition) is 0. The largest absolute Gasteiger partial charge is 0.493 e. The Hall–Kier alpha value is -1.42. The van der Waals surface area contributed by atoms with Crippen LogP contribution < -0.4 is 9.47 Å². The second kappa shape index (κ2) is 6.15. The molecular weight excluding hydrogens is 266 g/mol. The lowest BCUT2D eigenvalue weighted by atomic mass is 10.1. The maximum atomic E-state index is 12.4. The number of carbonyl (C=O) groups excluding carboxylic acids is 1. The number of amides is 1. The van der Waals surface area contributed by atoms with Crippen molar-refractivity contribution in [2.45, 2.75) is 19.3 Å². The maximum absolute atomic E-state index is 12.4. The van der Waals surface area contributed by atoms with Gasteiger partial charge in [-0.2, -0.15) is 0 Å². The zero-order valence-electron chi connectivity index (χ0n) is 11.2. The molecule has 0 aromatic heterocycles. The van der Waals surface area contributed by atoms with Crippen molar-refractivity contribution < 1.29 is 14.3 Å². The zero-order chi connectivity index (χ0) is 13.8. The Labute approximate surface area is 118 Å². The van der Waals surface area contributed by atoms with E-state index in [1.807, 2.05) is 4.90 Å². The second-order valence-electron chi connectivity index (χ2n) is 4.55. The molecular formula is C14H18ClNO3. The molecule has 0 atom stereocenters. The van der Waals surface area contributed by atoms with Gasteiger partial charge in [-0.15, -0.1) is 0 Å². The molecule has 1 aromatic rings. The predicted octanol–water partition coefficient (Wildman–Crippen LogP) is 2.98. The number of ether oxygens (including phenoxy) is 2. The average molecular weight is 284 g/mol. The highest BCUT2D eigenvalue weighted by molar-refractivity contribution is 6.32. The molecule has 4 nitrogen and oxygen atoms in total. The van der Waals surface area contributed by atoms with Crippen molar-refractivity contribution in [3.8, 4) is 11.5 Å². The zero-order valence-corrected chi connectivity index (χ0v) is 12.0. The molecule has 1 saturated heterocycles. The molecule has 1 fully saturated rings. The summed E-state index contributed by atoms with van der Waals surface area (Å²) in [4.78, 5) is 14.3. The smallest absolute Gasteiger partial charge is 0.254 e. The van der Waals surface area contributed by atoms with Crippen LogP contribution in [0.15, 0.2) is 12.1 Å². The molecule has 2 rings (SSSR count). The lowest BCUT2D eigenvalue weighted by Gasteiger charge is -2.27. The summed E-state index contributed by atoms with van der Waals surface area (Å²) >= 11 is 6.12. The molecule has 1 aliphatic rings. The Morgan fingerprint density at radius 2 is 1.84 bits per heavy atom. The van der Waals surface area contributed by atoms with Crippen LogP contribution in [0.25, 0.3) is 0 Å². The van der Waals surface area contributed by atoms with Gasteiger partial charge in [0.05, 0.1) is 19.2 Å². The van der Waals surface area contributed by atoms with Gasteiger partial charge in [0.25, 0.3) is 5.91 Å². The van der Waals surface area contributed by atoms with E-state index in [4.69, 9.17) is 21.1 Å². The summed E-state index contributed by atoms with van der Waals surface area (Å²) in [6.07, 6.45) is 3.32. The van der Waals surface area contributed by atoms with E-state index in [1.165, 1.54) is 20.6 Å². The molecule has 19 heavy (non-hydrogen) atoms. The SMILES string of the molecule is COc1cc(C(=O)N2CCCCC2)cc(Cl)c1OC. The fraction of sp³-hybridized carbons (Fsp3) is 0.500. The highest BCUT2D eigenvalue weighted by Crippen LogP contribution is 2.36. The van der Waals surface area contributed by atoms with Crippen LogP contribution in [0.4, 0.5) is 0 Å². The minimum Gasteiger partial charge on any atom is -0.493 e. The number of piperidine rings is 1. The van der Waals surface area contributed by atoms with Crippen LogP contribution in [-0.2, 0) is 0 Å². The summed E-state index contributed by atoms with van der Waals surface area (Å²) in [6, 6.07) is 3.32. The first kappa shape index (κ1) is 14.0. The lowest BCUT2D eigenvalue weighted by Crippen LogP contribution is -2.35. The van der Waals surface area contributed by atoms with E-state index >= 15 is 0 Å². The number of nitrogens with zero attached hydrogens (tertiary/aromatic N) is 1. The van der Waals surface area contributed by atoms with Crippen LogP contribution in [0.2, 0.25) is 5.02 Å². The number of halogens is 1. The minimum absolute atomic E-state index is 0.00236. The molecule has 0 unspecified atom stereocenters. The Balaban J connectivity index is 2.29. The third kappa shape index (κ3) is 2.95. The van der Waals surface area contributed by atoms with E-state index < -0.39 is 0 Å². The summed E-state index contributed by atoms with van der Waals surface area (Å²) in [7, 11) is 3.05. The van der Waals surface area contributed by atoms with E-state index in [1.54, 1.807) is 12.1 Å². The first-order valence-electron chi connectivity index (χ1n) is 6.38. The maximum Gasteiger partial charge on any atom is 0.254 e. The van der Waals surface area contributed by atoms with Crippen LogP contribution in [-0.4, -0.2) is 38.1 Å². The van der Waals surface area contributed by atoms with Gasteiger partial charge in [0.1, 0.15) is 0 Å². The summed E-state index contributed by atoms with van der Waals surface area (Å²) in [5.41, 5.74) is 0.546. The third-order valence-electron chi connectivity index (χ3n) is 3.32. The summed E-state index contributed by atoms with van der Waals surface area (Å²) in [5, 5.41) is 0.391.